The Kier molecular flexibility index (Phi) is 8.10. The zero-order chi connectivity index (χ0) is 20.6. The minimum absolute atomic E-state index is 0.0392. The predicted molar refractivity (Wildman–Crippen MR) is 117 cm³/mol. The molecule has 5 nitrogen and oxygen atoms in total. The standard InChI is InChI=1S/C24H37N3O2/c1-3-26-14-9-20(10-15-26)8-13-25-24(29)23-6-4-21(5-7-23)18-22-11-16-27(17-12-22)19(2)28/h4-7,20,22H,3,8-18H2,1-2H3,(H,25,29). The lowest BCUT2D eigenvalue weighted by Gasteiger charge is -2.31. The van der Waals surface area contributed by atoms with E-state index in [1.807, 2.05) is 17.0 Å². The summed E-state index contributed by atoms with van der Waals surface area (Å²) >= 11 is 0. The van der Waals surface area contributed by atoms with Crippen LogP contribution in [-0.4, -0.2) is 60.9 Å². The summed E-state index contributed by atoms with van der Waals surface area (Å²) in [5, 5.41) is 3.10. The highest BCUT2D eigenvalue weighted by Crippen LogP contribution is 2.22. The van der Waals surface area contributed by atoms with Crippen molar-refractivity contribution in [3.05, 3.63) is 35.4 Å². The van der Waals surface area contributed by atoms with Gasteiger partial charge in [0.2, 0.25) is 5.91 Å². The number of rotatable bonds is 7. The third-order valence-corrected chi connectivity index (χ3v) is 6.79. The summed E-state index contributed by atoms with van der Waals surface area (Å²) in [5.74, 6) is 1.60. The van der Waals surface area contributed by atoms with E-state index in [1.54, 1.807) is 6.92 Å². The molecule has 0 saturated carbocycles. The van der Waals surface area contributed by atoms with Crippen LogP contribution in [0.25, 0.3) is 0 Å². The summed E-state index contributed by atoms with van der Waals surface area (Å²) in [7, 11) is 0. The highest BCUT2D eigenvalue weighted by Gasteiger charge is 2.21. The second-order valence-corrected chi connectivity index (χ2v) is 8.77. The maximum atomic E-state index is 12.4. The first kappa shape index (κ1) is 21.8. The third kappa shape index (κ3) is 6.56. The van der Waals surface area contributed by atoms with E-state index in [0.717, 1.165) is 63.3 Å². The maximum absolute atomic E-state index is 12.4. The SMILES string of the molecule is CCN1CCC(CCNC(=O)c2ccc(CC3CCN(C(C)=O)CC3)cc2)CC1. The molecule has 2 aliphatic rings. The number of carbonyl (C=O) groups excluding carboxylic acids is 2. The molecule has 0 radical (unpaired) electrons. The predicted octanol–water partition coefficient (Wildman–Crippen LogP) is 3.34. The fraction of sp³-hybridized carbons (Fsp3) is 0.667. The lowest BCUT2D eigenvalue weighted by atomic mass is 9.90. The molecule has 0 spiro atoms. The molecule has 0 aromatic heterocycles. The summed E-state index contributed by atoms with van der Waals surface area (Å²) in [5.41, 5.74) is 2.03. The van der Waals surface area contributed by atoms with E-state index in [9.17, 15) is 9.59 Å². The van der Waals surface area contributed by atoms with Crippen molar-refractivity contribution in [1.29, 1.82) is 0 Å². The molecule has 2 heterocycles. The molecular formula is C24H37N3O2. The number of hydrogen-bond acceptors (Lipinski definition) is 3. The molecule has 0 bridgehead atoms. The Morgan fingerprint density at radius 3 is 2.17 bits per heavy atom. The van der Waals surface area contributed by atoms with Crippen molar-refractivity contribution in [2.45, 2.75) is 52.4 Å². The first-order chi connectivity index (χ1) is 14.0. The number of carbonyl (C=O) groups is 2. The Morgan fingerprint density at radius 2 is 1.59 bits per heavy atom. The number of nitrogens with zero attached hydrogens (tertiary/aromatic N) is 2. The minimum atomic E-state index is 0.0392. The van der Waals surface area contributed by atoms with Gasteiger partial charge in [-0.2, -0.15) is 0 Å². The Morgan fingerprint density at radius 1 is 0.966 bits per heavy atom. The monoisotopic (exact) mass is 399 g/mol. The molecule has 2 fully saturated rings. The largest absolute Gasteiger partial charge is 0.352 e. The van der Waals surface area contributed by atoms with Crippen molar-refractivity contribution < 1.29 is 9.59 Å². The summed E-state index contributed by atoms with van der Waals surface area (Å²) in [4.78, 5) is 28.3. The van der Waals surface area contributed by atoms with Crippen LogP contribution in [0.4, 0.5) is 0 Å². The van der Waals surface area contributed by atoms with Gasteiger partial charge in [0, 0.05) is 32.1 Å². The van der Waals surface area contributed by atoms with Gasteiger partial charge in [-0.25, -0.2) is 0 Å². The number of likely N-dealkylation sites (tertiary alicyclic amines) is 2. The van der Waals surface area contributed by atoms with Crippen molar-refractivity contribution in [3.63, 3.8) is 0 Å². The summed E-state index contributed by atoms with van der Waals surface area (Å²) < 4.78 is 0. The van der Waals surface area contributed by atoms with Crippen LogP contribution < -0.4 is 5.32 Å². The second kappa shape index (κ2) is 10.8. The van der Waals surface area contributed by atoms with Crippen LogP contribution in [0.3, 0.4) is 0 Å². The van der Waals surface area contributed by atoms with E-state index in [2.05, 4.69) is 29.3 Å². The maximum Gasteiger partial charge on any atom is 0.251 e. The molecule has 5 heteroatoms. The summed E-state index contributed by atoms with van der Waals surface area (Å²) in [6.07, 6.45) is 6.76. The van der Waals surface area contributed by atoms with Crippen LogP contribution in [0, 0.1) is 11.8 Å². The van der Waals surface area contributed by atoms with Gasteiger partial charge in [-0.3, -0.25) is 9.59 Å². The number of piperidine rings is 2. The molecule has 1 aromatic carbocycles. The zero-order valence-corrected chi connectivity index (χ0v) is 18.2. The third-order valence-electron chi connectivity index (χ3n) is 6.79. The van der Waals surface area contributed by atoms with Gasteiger partial charge in [-0.05, 0) is 87.7 Å². The summed E-state index contributed by atoms with van der Waals surface area (Å²) in [6, 6.07) is 8.09. The van der Waals surface area contributed by atoms with Gasteiger partial charge in [0.1, 0.15) is 0 Å². The molecule has 0 unspecified atom stereocenters. The van der Waals surface area contributed by atoms with Crippen LogP contribution in [0.1, 0.15) is 61.9 Å². The van der Waals surface area contributed by atoms with Crippen molar-refractivity contribution in [2.24, 2.45) is 11.8 Å². The van der Waals surface area contributed by atoms with Crippen molar-refractivity contribution in [3.8, 4) is 0 Å². The Bertz CT molecular complexity index is 657. The van der Waals surface area contributed by atoms with E-state index in [0.29, 0.717) is 5.92 Å². The first-order valence-electron chi connectivity index (χ1n) is 11.4. The first-order valence-corrected chi connectivity index (χ1v) is 11.4. The van der Waals surface area contributed by atoms with Gasteiger partial charge in [-0.15, -0.1) is 0 Å². The van der Waals surface area contributed by atoms with Crippen LogP contribution >= 0.6 is 0 Å². The molecule has 29 heavy (non-hydrogen) atoms. The van der Waals surface area contributed by atoms with Crippen LogP contribution in [0.15, 0.2) is 24.3 Å². The van der Waals surface area contributed by atoms with Gasteiger partial charge >= 0.3 is 0 Å². The topological polar surface area (TPSA) is 52.7 Å². The molecule has 0 aliphatic carbocycles. The molecule has 2 saturated heterocycles. The molecule has 1 N–H and O–H groups in total. The Hall–Kier alpha value is -1.88. The Balaban J connectivity index is 1.37. The number of hydrogen-bond donors (Lipinski definition) is 1. The van der Waals surface area contributed by atoms with Gasteiger partial charge in [0.15, 0.2) is 0 Å². The van der Waals surface area contributed by atoms with E-state index < -0.39 is 0 Å². The quantitative estimate of drug-likeness (QED) is 0.765. The van der Waals surface area contributed by atoms with E-state index in [1.165, 1.54) is 31.5 Å². The van der Waals surface area contributed by atoms with E-state index >= 15 is 0 Å². The van der Waals surface area contributed by atoms with Gasteiger partial charge in [0.25, 0.3) is 5.91 Å². The lowest BCUT2D eigenvalue weighted by molar-refractivity contribution is -0.130. The smallest absolute Gasteiger partial charge is 0.251 e. The van der Waals surface area contributed by atoms with Crippen LogP contribution in [0.5, 0.6) is 0 Å². The van der Waals surface area contributed by atoms with Gasteiger partial charge in [-0.1, -0.05) is 19.1 Å². The molecule has 3 rings (SSSR count). The lowest BCUT2D eigenvalue weighted by Crippen LogP contribution is -2.37. The minimum Gasteiger partial charge on any atom is -0.352 e. The molecule has 1 aromatic rings. The second-order valence-electron chi connectivity index (χ2n) is 8.77. The number of amides is 2. The fourth-order valence-corrected chi connectivity index (χ4v) is 4.66. The molecule has 160 valence electrons. The molecular weight excluding hydrogens is 362 g/mol. The van der Waals surface area contributed by atoms with Gasteiger partial charge in [0.05, 0.1) is 0 Å². The molecule has 2 amide bonds. The zero-order valence-electron chi connectivity index (χ0n) is 18.2. The van der Waals surface area contributed by atoms with Crippen molar-refractivity contribution >= 4 is 11.8 Å². The van der Waals surface area contributed by atoms with E-state index in [4.69, 9.17) is 0 Å². The fourth-order valence-electron chi connectivity index (χ4n) is 4.66. The molecule has 0 atom stereocenters. The average molecular weight is 400 g/mol. The number of nitrogens with one attached hydrogen (secondary N) is 1. The highest BCUT2D eigenvalue weighted by molar-refractivity contribution is 5.94. The van der Waals surface area contributed by atoms with Crippen LogP contribution in [0.2, 0.25) is 0 Å². The Labute approximate surface area is 175 Å². The van der Waals surface area contributed by atoms with Crippen LogP contribution in [-0.2, 0) is 11.2 Å². The average Bonchev–Trinajstić information content (AvgIpc) is 2.75. The van der Waals surface area contributed by atoms with Crippen molar-refractivity contribution in [1.82, 2.24) is 15.1 Å². The highest BCUT2D eigenvalue weighted by atomic mass is 16.2. The molecule has 2 aliphatic heterocycles. The summed E-state index contributed by atoms with van der Waals surface area (Å²) in [6.45, 7) is 9.94. The normalized spacial score (nSPS) is 19.3. The van der Waals surface area contributed by atoms with Crippen molar-refractivity contribution in [2.75, 3.05) is 39.3 Å². The van der Waals surface area contributed by atoms with E-state index in [-0.39, 0.29) is 11.8 Å². The van der Waals surface area contributed by atoms with Gasteiger partial charge < -0.3 is 15.1 Å². The number of benzene rings is 1.